The number of hydrogen-bond donors (Lipinski definition) is 0. The zero-order valence-electron chi connectivity index (χ0n) is 23.5. The van der Waals surface area contributed by atoms with Gasteiger partial charge in [-0.2, -0.15) is 0 Å². The molecule has 0 N–H and O–H groups in total. The second-order valence-electron chi connectivity index (χ2n) is 11.7. The maximum absolute atomic E-state index is 13.6. The number of carbonyl (C=O) groups is 2. The molecule has 3 fully saturated rings. The zero-order valence-corrected chi connectivity index (χ0v) is 23.5. The van der Waals surface area contributed by atoms with Crippen molar-refractivity contribution in [1.29, 1.82) is 0 Å². The van der Waals surface area contributed by atoms with Crippen LogP contribution >= 0.6 is 0 Å². The lowest BCUT2D eigenvalue weighted by Crippen LogP contribution is -2.53. The van der Waals surface area contributed by atoms with Crippen molar-refractivity contribution in [2.75, 3.05) is 65.9 Å². The van der Waals surface area contributed by atoms with Gasteiger partial charge < -0.3 is 28.7 Å². The van der Waals surface area contributed by atoms with Crippen LogP contribution in [0, 0.1) is 11.8 Å². The van der Waals surface area contributed by atoms with Gasteiger partial charge in [0, 0.05) is 77.3 Å². The Balaban J connectivity index is 0.887. The van der Waals surface area contributed by atoms with Crippen molar-refractivity contribution in [3.8, 4) is 23.0 Å². The van der Waals surface area contributed by atoms with E-state index in [4.69, 9.17) is 18.9 Å². The lowest BCUT2D eigenvalue weighted by Gasteiger charge is -2.38. The standard InChI is InChI=1S/C31H38N4O6/c36-30(34-12-8-32(9-13-34)18-22-4-6-26-28(16-22)40-20-38-26)24-2-1-3-25(24)31(37)35-14-10-33(11-15-35)19-23-5-7-27-29(17-23)41-21-39-27/h4-7,16-17,24-25H,1-3,8-15,18-21H2. The number of benzene rings is 2. The smallest absolute Gasteiger partial charge is 0.231 e. The molecule has 7 rings (SSSR count). The van der Waals surface area contributed by atoms with Gasteiger partial charge in [-0.15, -0.1) is 0 Å². The van der Waals surface area contributed by atoms with Crippen LogP contribution in [-0.4, -0.2) is 97.4 Å². The van der Waals surface area contributed by atoms with E-state index in [-0.39, 0.29) is 37.2 Å². The fourth-order valence-electron chi connectivity index (χ4n) is 6.87. The Morgan fingerprint density at radius 2 is 1.00 bits per heavy atom. The van der Waals surface area contributed by atoms with Crippen molar-refractivity contribution < 1.29 is 28.5 Å². The molecule has 218 valence electrons. The van der Waals surface area contributed by atoms with Crippen LogP contribution in [0.3, 0.4) is 0 Å². The normalized spacial score (nSPS) is 24.2. The van der Waals surface area contributed by atoms with E-state index in [9.17, 15) is 9.59 Å². The average Bonchev–Trinajstić information content (AvgIpc) is 3.78. The Morgan fingerprint density at radius 1 is 0.585 bits per heavy atom. The van der Waals surface area contributed by atoms with Gasteiger partial charge in [-0.1, -0.05) is 18.6 Å². The van der Waals surface area contributed by atoms with E-state index in [1.165, 1.54) is 11.1 Å². The molecule has 2 aromatic rings. The Kier molecular flexibility index (Phi) is 7.35. The summed E-state index contributed by atoms with van der Waals surface area (Å²) in [6.07, 6.45) is 2.58. The van der Waals surface area contributed by atoms with Gasteiger partial charge in [-0.3, -0.25) is 19.4 Å². The Hall–Kier alpha value is -3.50. The fourth-order valence-corrected chi connectivity index (χ4v) is 6.87. The summed E-state index contributed by atoms with van der Waals surface area (Å²) >= 11 is 0. The minimum atomic E-state index is -0.186. The maximum Gasteiger partial charge on any atom is 0.231 e. The van der Waals surface area contributed by atoms with Crippen molar-refractivity contribution in [2.24, 2.45) is 11.8 Å². The van der Waals surface area contributed by atoms with Gasteiger partial charge in [0.25, 0.3) is 0 Å². The Morgan fingerprint density at radius 3 is 1.44 bits per heavy atom. The lowest BCUT2D eigenvalue weighted by molar-refractivity contribution is -0.147. The predicted octanol–water partition coefficient (Wildman–Crippen LogP) is 2.55. The van der Waals surface area contributed by atoms with Gasteiger partial charge in [0.2, 0.25) is 25.4 Å². The molecule has 41 heavy (non-hydrogen) atoms. The van der Waals surface area contributed by atoms with E-state index in [2.05, 4.69) is 21.9 Å². The molecule has 0 radical (unpaired) electrons. The van der Waals surface area contributed by atoms with E-state index in [0.717, 1.165) is 81.5 Å². The maximum atomic E-state index is 13.6. The summed E-state index contributed by atoms with van der Waals surface area (Å²) in [5.74, 6) is 3.18. The number of fused-ring (bicyclic) bond motifs is 2. The SMILES string of the molecule is O=C(C1CCCC1C(=O)N1CCN(Cc2ccc3c(c2)OCO3)CC1)N1CCN(Cc2ccc3c(c2)OCO3)CC1. The number of rotatable bonds is 6. The van der Waals surface area contributed by atoms with Gasteiger partial charge in [0.05, 0.1) is 0 Å². The van der Waals surface area contributed by atoms with E-state index in [0.29, 0.717) is 26.2 Å². The van der Waals surface area contributed by atoms with Crippen LogP contribution < -0.4 is 18.9 Å². The van der Waals surface area contributed by atoms with E-state index < -0.39 is 0 Å². The van der Waals surface area contributed by atoms with E-state index in [1.54, 1.807) is 0 Å². The second kappa shape index (κ2) is 11.4. The third-order valence-electron chi connectivity index (χ3n) is 9.20. The molecule has 4 heterocycles. The molecule has 10 nitrogen and oxygen atoms in total. The van der Waals surface area contributed by atoms with Crippen molar-refractivity contribution in [3.63, 3.8) is 0 Å². The summed E-state index contributed by atoms with van der Waals surface area (Å²) in [4.78, 5) is 36.0. The molecular formula is C31H38N4O6. The van der Waals surface area contributed by atoms with E-state index >= 15 is 0 Å². The van der Waals surface area contributed by atoms with Crippen LogP contribution in [-0.2, 0) is 22.7 Å². The highest BCUT2D eigenvalue weighted by atomic mass is 16.7. The lowest BCUT2D eigenvalue weighted by atomic mass is 9.92. The molecule has 2 amide bonds. The van der Waals surface area contributed by atoms with Gasteiger partial charge in [0.15, 0.2) is 23.0 Å². The number of hydrogen-bond acceptors (Lipinski definition) is 8. The number of carbonyl (C=O) groups excluding carboxylic acids is 2. The highest BCUT2D eigenvalue weighted by molar-refractivity contribution is 5.88. The molecule has 5 aliphatic rings. The molecule has 1 saturated carbocycles. The molecular weight excluding hydrogens is 524 g/mol. The molecule has 0 aromatic heterocycles. The second-order valence-corrected chi connectivity index (χ2v) is 11.7. The molecule has 2 atom stereocenters. The van der Waals surface area contributed by atoms with Crippen molar-refractivity contribution in [2.45, 2.75) is 32.4 Å². The zero-order chi connectivity index (χ0) is 27.8. The summed E-state index contributed by atoms with van der Waals surface area (Å²) < 4.78 is 21.9. The van der Waals surface area contributed by atoms with Crippen molar-refractivity contribution in [3.05, 3.63) is 47.5 Å². The summed E-state index contributed by atoms with van der Waals surface area (Å²) in [5, 5.41) is 0. The highest BCUT2D eigenvalue weighted by Crippen LogP contribution is 2.36. The Labute approximate surface area is 240 Å². The predicted molar refractivity (Wildman–Crippen MR) is 150 cm³/mol. The minimum absolute atomic E-state index is 0.171. The number of nitrogens with zero attached hydrogens (tertiary/aromatic N) is 4. The topological polar surface area (TPSA) is 84.0 Å². The van der Waals surface area contributed by atoms with Crippen LogP contribution in [0.4, 0.5) is 0 Å². The summed E-state index contributed by atoms with van der Waals surface area (Å²) in [6.45, 7) is 8.36. The quantitative estimate of drug-likeness (QED) is 0.532. The molecule has 2 aromatic carbocycles. The van der Waals surface area contributed by atoms with Crippen molar-refractivity contribution in [1.82, 2.24) is 19.6 Å². The van der Waals surface area contributed by atoms with Crippen molar-refractivity contribution >= 4 is 11.8 Å². The minimum Gasteiger partial charge on any atom is -0.454 e. The summed E-state index contributed by atoms with van der Waals surface area (Å²) in [5.41, 5.74) is 2.37. The third-order valence-corrected chi connectivity index (χ3v) is 9.20. The summed E-state index contributed by atoms with van der Waals surface area (Å²) in [6, 6.07) is 12.2. The average molecular weight is 563 g/mol. The molecule has 10 heteroatoms. The first-order valence-electron chi connectivity index (χ1n) is 14.9. The Bertz CT molecular complexity index is 1190. The molecule has 1 aliphatic carbocycles. The molecule has 2 unspecified atom stereocenters. The van der Waals surface area contributed by atoms with Crippen LogP contribution in [0.5, 0.6) is 23.0 Å². The molecule has 4 aliphatic heterocycles. The largest absolute Gasteiger partial charge is 0.454 e. The first-order chi connectivity index (χ1) is 20.1. The first kappa shape index (κ1) is 26.4. The third kappa shape index (κ3) is 5.55. The van der Waals surface area contributed by atoms with Gasteiger partial charge in [-0.05, 0) is 48.2 Å². The van der Waals surface area contributed by atoms with Crippen LogP contribution in [0.1, 0.15) is 30.4 Å². The fraction of sp³-hybridized carbons (Fsp3) is 0.548. The first-order valence-corrected chi connectivity index (χ1v) is 14.9. The number of ether oxygens (including phenoxy) is 4. The molecule has 0 bridgehead atoms. The number of piperazine rings is 2. The molecule has 2 saturated heterocycles. The summed E-state index contributed by atoms with van der Waals surface area (Å²) in [7, 11) is 0. The number of amides is 2. The van der Waals surface area contributed by atoms with Gasteiger partial charge >= 0.3 is 0 Å². The highest BCUT2D eigenvalue weighted by Gasteiger charge is 2.42. The van der Waals surface area contributed by atoms with Crippen LogP contribution in [0.25, 0.3) is 0 Å². The monoisotopic (exact) mass is 562 g/mol. The van der Waals surface area contributed by atoms with Crippen LogP contribution in [0.2, 0.25) is 0 Å². The van der Waals surface area contributed by atoms with Gasteiger partial charge in [0.1, 0.15) is 0 Å². The van der Waals surface area contributed by atoms with E-state index in [1.807, 2.05) is 34.1 Å². The molecule has 0 spiro atoms. The van der Waals surface area contributed by atoms with Gasteiger partial charge in [-0.25, -0.2) is 0 Å². The van der Waals surface area contributed by atoms with Crippen LogP contribution in [0.15, 0.2) is 36.4 Å².